The lowest BCUT2D eigenvalue weighted by atomic mass is 9.78. The molecular weight excluding hydrogens is 462 g/mol. The maximum absolute atomic E-state index is 13.8. The molecule has 5 rings (SSSR count). The second-order valence-electron chi connectivity index (χ2n) is 9.71. The van der Waals surface area contributed by atoms with Crippen molar-refractivity contribution in [3.63, 3.8) is 0 Å². The Hall–Kier alpha value is -2.65. The van der Waals surface area contributed by atoms with Gasteiger partial charge in [-0.25, -0.2) is 0 Å². The second-order valence-corrected chi connectivity index (χ2v) is 10.3. The first-order valence-corrected chi connectivity index (χ1v) is 12.2. The summed E-state index contributed by atoms with van der Waals surface area (Å²) in [6.07, 6.45) is 3.07. The fraction of sp³-hybridized carbons (Fsp3) is 0.583. The molecule has 3 fully saturated rings. The van der Waals surface area contributed by atoms with Gasteiger partial charge in [0.15, 0.2) is 12.4 Å². The number of alkyl halides is 1. The standard InChI is InChI=1S/C24H28ClN3O6/c1-12-2-4-13(5-3-12)20(24(32)28-9-15(25)22-21(28)17(29)10-34-22)27-23(31)14-6-7-16-18(8-14)33-11-19(30)26-16/h6-8,12-13,15,20-22H,2-5,9-11H2,1H3,(H,26,30)(H,27,31)/t12-,13-,15-,20-,21+,22+/m0/s1. The van der Waals surface area contributed by atoms with Gasteiger partial charge in [0.1, 0.15) is 30.5 Å². The molecule has 4 aliphatic rings. The molecule has 0 aromatic heterocycles. The highest BCUT2D eigenvalue weighted by Gasteiger charge is 2.53. The Kier molecular flexibility index (Phi) is 6.24. The van der Waals surface area contributed by atoms with Crippen molar-refractivity contribution >= 4 is 40.8 Å². The summed E-state index contributed by atoms with van der Waals surface area (Å²) in [5, 5.41) is 5.18. The van der Waals surface area contributed by atoms with E-state index in [1.165, 1.54) is 4.90 Å². The third kappa shape index (κ3) is 4.27. The summed E-state index contributed by atoms with van der Waals surface area (Å²) in [4.78, 5) is 52.5. The Bertz CT molecular complexity index is 1020. The fourth-order valence-corrected chi connectivity index (χ4v) is 5.80. The molecule has 0 unspecified atom stereocenters. The van der Waals surface area contributed by atoms with E-state index in [9.17, 15) is 19.2 Å². The number of likely N-dealkylation sites (tertiary alicyclic amines) is 1. The van der Waals surface area contributed by atoms with Gasteiger partial charge in [0, 0.05) is 12.1 Å². The van der Waals surface area contributed by atoms with E-state index in [0.29, 0.717) is 22.9 Å². The van der Waals surface area contributed by atoms with E-state index < -0.39 is 29.5 Å². The Morgan fingerprint density at radius 2 is 1.94 bits per heavy atom. The lowest BCUT2D eigenvalue weighted by Gasteiger charge is -2.35. The molecule has 2 saturated heterocycles. The van der Waals surface area contributed by atoms with Gasteiger partial charge >= 0.3 is 0 Å². The fourth-order valence-electron chi connectivity index (χ4n) is 5.44. The average molecular weight is 490 g/mol. The number of amides is 3. The predicted molar refractivity (Wildman–Crippen MR) is 123 cm³/mol. The van der Waals surface area contributed by atoms with Crippen LogP contribution in [0.3, 0.4) is 0 Å². The Labute approximate surface area is 202 Å². The van der Waals surface area contributed by atoms with E-state index in [0.717, 1.165) is 25.7 Å². The van der Waals surface area contributed by atoms with Crippen LogP contribution in [0.15, 0.2) is 18.2 Å². The van der Waals surface area contributed by atoms with Crippen molar-refractivity contribution in [3.05, 3.63) is 23.8 Å². The van der Waals surface area contributed by atoms with Gasteiger partial charge in [-0.3, -0.25) is 19.2 Å². The van der Waals surface area contributed by atoms with Gasteiger partial charge in [-0.2, -0.15) is 0 Å². The molecule has 34 heavy (non-hydrogen) atoms. The molecule has 182 valence electrons. The van der Waals surface area contributed by atoms with Crippen LogP contribution in [-0.2, 0) is 19.1 Å². The molecule has 0 bridgehead atoms. The second kappa shape index (κ2) is 9.19. The zero-order valence-corrected chi connectivity index (χ0v) is 19.7. The number of nitrogens with zero attached hydrogens (tertiary/aromatic N) is 1. The molecule has 1 aromatic carbocycles. The molecule has 3 heterocycles. The zero-order chi connectivity index (χ0) is 24.0. The number of hydrogen-bond donors (Lipinski definition) is 2. The molecule has 0 spiro atoms. The first-order valence-electron chi connectivity index (χ1n) is 11.8. The minimum absolute atomic E-state index is 0.0361. The Balaban J connectivity index is 1.38. The molecule has 2 N–H and O–H groups in total. The number of nitrogens with one attached hydrogen (secondary N) is 2. The van der Waals surface area contributed by atoms with Crippen LogP contribution in [0, 0.1) is 11.8 Å². The number of rotatable bonds is 4. The van der Waals surface area contributed by atoms with E-state index >= 15 is 0 Å². The Morgan fingerprint density at radius 1 is 1.18 bits per heavy atom. The minimum atomic E-state index is -0.771. The summed E-state index contributed by atoms with van der Waals surface area (Å²) < 4.78 is 11.0. The van der Waals surface area contributed by atoms with E-state index in [4.69, 9.17) is 21.1 Å². The number of hydrogen-bond acceptors (Lipinski definition) is 6. The van der Waals surface area contributed by atoms with Crippen LogP contribution in [0.25, 0.3) is 0 Å². The monoisotopic (exact) mass is 489 g/mol. The molecule has 4 atom stereocenters. The molecule has 0 radical (unpaired) electrons. The van der Waals surface area contributed by atoms with E-state index in [1.807, 2.05) is 0 Å². The van der Waals surface area contributed by atoms with Gasteiger partial charge in [0.2, 0.25) is 5.91 Å². The maximum atomic E-state index is 13.8. The Morgan fingerprint density at radius 3 is 2.71 bits per heavy atom. The zero-order valence-electron chi connectivity index (χ0n) is 18.9. The van der Waals surface area contributed by atoms with E-state index in [-0.39, 0.29) is 43.3 Å². The average Bonchev–Trinajstić information content (AvgIpc) is 3.37. The van der Waals surface area contributed by atoms with Crippen LogP contribution >= 0.6 is 11.6 Å². The van der Waals surface area contributed by atoms with Crippen molar-refractivity contribution in [2.24, 2.45) is 11.8 Å². The van der Waals surface area contributed by atoms with E-state index in [1.54, 1.807) is 18.2 Å². The third-order valence-electron chi connectivity index (χ3n) is 7.37. The first-order chi connectivity index (χ1) is 16.3. The number of halogens is 1. The maximum Gasteiger partial charge on any atom is 0.262 e. The van der Waals surface area contributed by atoms with Crippen molar-refractivity contribution in [2.75, 3.05) is 25.1 Å². The summed E-state index contributed by atoms with van der Waals surface area (Å²) in [5.74, 6) is -0.164. The number of carbonyl (C=O) groups excluding carboxylic acids is 4. The highest BCUT2D eigenvalue weighted by Crippen LogP contribution is 2.35. The number of carbonyl (C=O) groups is 4. The van der Waals surface area contributed by atoms with Crippen LogP contribution in [-0.4, -0.2) is 71.7 Å². The molecule has 3 aliphatic heterocycles. The first kappa shape index (κ1) is 23.1. The van der Waals surface area contributed by atoms with Gasteiger partial charge in [-0.15, -0.1) is 11.6 Å². The third-order valence-corrected chi connectivity index (χ3v) is 7.75. The number of ketones is 1. The van der Waals surface area contributed by atoms with Crippen LogP contribution in [0.4, 0.5) is 5.69 Å². The number of fused-ring (bicyclic) bond motifs is 2. The van der Waals surface area contributed by atoms with E-state index in [2.05, 4.69) is 17.6 Å². The van der Waals surface area contributed by atoms with Crippen LogP contribution in [0.2, 0.25) is 0 Å². The summed E-state index contributed by atoms with van der Waals surface area (Å²) in [6.45, 7) is 2.23. The van der Waals surface area contributed by atoms with Gasteiger partial charge in [0.05, 0.1) is 11.1 Å². The molecule has 1 aromatic rings. The highest BCUT2D eigenvalue weighted by molar-refractivity contribution is 6.22. The topological polar surface area (TPSA) is 114 Å². The lowest BCUT2D eigenvalue weighted by molar-refractivity contribution is -0.139. The van der Waals surface area contributed by atoms with Gasteiger partial charge in [-0.05, 0) is 42.9 Å². The molecule has 1 aliphatic carbocycles. The lowest BCUT2D eigenvalue weighted by Crippen LogP contribution is -2.55. The number of ether oxygens (including phenoxy) is 2. The van der Waals surface area contributed by atoms with Crippen molar-refractivity contribution in [3.8, 4) is 5.75 Å². The smallest absolute Gasteiger partial charge is 0.262 e. The van der Waals surface area contributed by atoms with Gasteiger partial charge in [-0.1, -0.05) is 19.8 Å². The molecule has 10 heteroatoms. The van der Waals surface area contributed by atoms with Gasteiger partial charge < -0.3 is 25.0 Å². The number of anilines is 1. The molecule has 3 amide bonds. The normalized spacial score (nSPS) is 31.2. The van der Waals surface area contributed by atoms with Crippen LogP contribution < -0.4 is 15.4 Å². The number of benzene rings is 1. The summed E-state index contributed by atoms with van der Waals surface area (Å²) in [7, 11) is 0. The minimum Gasteiger partial charge on any atom is -0.482 e. The summed E-state index contributed by atoms with van der Waals surface area (Å²) >= 11 is 6.40. The molecule has 1 saturated carbocycles. The van der Waals surface area contributed by atoms with Crippen molar-refractivity contribution in [1.82, 2.24) is 10.2 Å². The quantitative estimate of drug-likeness (QED) is 0.622. The van der Waals surface area contributed by atoms with Crippen molar-refractivity contribution in [1.29, 1.82) is 0 Å². The van der Waals surface area contributed by atoms with Crippen LogP contribution in [0.1, 0.15) is 43.0 Å². The van der Waals surface area contributed by atoms with Crippen molar-refractivity contribution in [2.45, 2.75) is 56.2 Å². The SMILES string of the molecule is C[C@H]1CC[C@H]([C@H](NC(=O)c2ccc3c(c2)OCC(=O)N3)C(=O)N2C[C@H](Cl)[C@H]3OCC(=O)[C@H]32)CC1. The largest absolute Gasteiger partial charge is 0.482 e. The number of Topliss-reactive ketones (excluding diaryl/α,β-unsaturated/α-hetero) is 1. The predicted octanol–water partition coefficient (Wildman–Crippen LogP) is 1.73. The molecular formula is C24H28ClN3O6. The highest BCUT2D eigenvalue weighted by atomic mass is 35.5. The summed E-state index contributed by atoms with van der Waals surface area (Å²) in [5.41, 5.74) is 0.823. The van der Waals surface area contributed by atoms with Gasteiger partial charge in [0.25, 0.3) is 11.8 Å². The summed E-state index contributed by atoms with van der Waals surface area (Å²) in [6, 6.07) is 3.29. The van der Waals surface area contributed by atoms with Crippen LogP contribution in [0.5, 0.6) is 5.75 Å². The molecule has 9 nitrogen and oxygen atoms in total. The van der Waals surface area contributed by atoms with Crippen molar-refractivity contribution < 1.29 is 28.7 Å².